The fourth-order valence-electron chi connectivity index (χ4n) is 4.93. The molecule has 7 nitrogen and oxygen atoms in total. The van der Waals surface area contributed by atoms with E-state index in [1.165, 1.54) is 12.1 Å². The van der Waals surface area contributed by atoms with E-state index in [2.05, 4.69) is 4.57 Å². The summed E-state index contributed by atoms with van der Waals surface area (Å²) in [5, 5.41) is 0. The fraction of sp³-hybridized carbons (Fsp3) is 0.286. The molecule has 0 saturated carbocycles. The standard InChI is InChI=1S/C28H26FN3O4/c1-18-2-6-22(7-3-18)34-16-27(33)31-12-10-21(11-13-31)32-24-8-5-20(29)15-23(24)30-28(32)19-4-9-25-26(14-19)36-17-35-25/h2-9,14-15,21H,10-13,16-17H2,1H3. The monoisotopic (exact) mass is 487 g/mol. The number of rotatable bonds is 5. The number of nitrogens with zero attached hydrogens (tertiary/aromatic N) is 3. The first-order chi connectivity index (χ1) is 17.5. The Morgan fingerprint density at radius 1 is 1.03 bits per heavy atom. The summed E-state index contributed by atoms with van der Waals surface area (Å²) in [4.78, 5) is 19.4. The molecule has 8 heteroatoms. The van der Waals surface area contributed by atoms with Crippen molar-refractivity contribution in [2.24, 2.45) is 0 Å². The topological polar surface area (TPSA) is 65.8 Å². The summed E-state index contributed by atoms with van der Waals surface area (Å²) in [5.74, 6) is 2.47. The zero-order valence-corrected chi connectivity index (χ0v) is 19.9. The van der Waals surface area contributed by atoms with Crippen LogP contribution in [0.2, 0.25) is 0 Å². The van der Waals surface area contributed by atoms with Gasteiger partial charge in [-0.05, 0) is 62.2 Å². The Morgan fingerprint density at radius 2 is 1.81 bits per heavy atom. The number of hydrogen-bond donors (Lipinski definition) is 0. The number of fused-ring (bicyclic) bond motifs is 2. The number of carbonyl (C=O) groups is 1. The van der Waals surface area contributed by atoms with E-state index in [0.717, 1.165) is 35.3 Å². The molecule has 36 heavy (non-hydrogen) atoms. The van der Waals surface area contributed by atoms with Gasteiger partial charge in [-0.2, -0.15) is 0 Å². The third kappa shape index (κ3) is 4.23. The molecular weight excluding hydrogens is 461 g/mol. The molecule has 1 saturated heterocycles. The second kappa shape index (κ2) is 9.18. The molecule has 1 amide bonds. The summed E-state index contributed by atoms with van der Waals surface area (Å²) in [7, 11) is 0. The van der Waals surface area contributed by atoms with Crippen LogP contribution in [0.4, 0.5) is 4.39 Å². The molecule has 2 aliphatic heterocycles. The number of carbonyl (C=O) groups excluding carboxylic acids is 1. The highest BCUT2D eigenvalue weighted by atomic mass is 19.1. The van der Waals surface area contributed by atoms with Gasteiger partial charge in [0.15, 0.2) is 18.1 Å². The lowest BCUT2D eigenvalue weighted by Gasteiger charge is -2.33. The van der Waals surface area contributed by atoms with Crippen molar-refractivity contribution in [1.29, 1.82) is 0 Å². The molecule has 4 aromatic rings. The van der Waals surface area contributed by atoms with Crippen LogP contribution in [0.25, 0.3) is 22.4 Å². The number of likely N-dealkylation sites (tertiary alicyclic amines) is 1. The van der Waals surface area contributed by atoms with Gasteiger partial charge in [0, 0.05) is 30.8 Å². The van der Waals surface area contributed by atoms with Crippen molar-refractivity contribution in [2.45, 2.75) is 25.8 Å². The van der Waals surface area contributed by atoms with Gasteiger partial charge in [-0.1, -0.05) is 17.7 Å². The van der Waals surface area contributed by atoms with Crippen LogP contribution in [0.15, 0.2) is 60.7 Å². The Kier molecular flexibility index (Phi) is 5.71. The van der Waals surface area contributed by atoms with Crippen LogP contribution in [-0.4, -0.2) is 46.8 Å². The smallest absolute Gasteiger partial charge is 0.260 e. The van der Waals surface area contributed by atoms with E-state index in [1.54, 1.807) is 6.07 Å². The first-order valence-corrected chi connectivity index (χ1v) is 12.1. The highest BCUT2D eigenvalue weighted by Crippen LogP contribution is 2.39. The van der Waals surface area contributed by atoms with Crippen LogP contribution in [0.1, 0.15) is 24.4 Å². The van der Waals surface area contributed by atoms with Gasteiger partial charge in [-0.15, -0.1) is 0 Å². The molecule has 2 aliphatic rings. The summed E-state index contributed by atoms with van der Waals surface area (Å²) in [5.41, 5.74) is 3.50. The predicted molar refractivity (Wildman–Crippen MR) is 133 cm³/mol. The normalized spacial score (nSPS) is 15.4. The van der Waals surface area contributed by atoms with Gasteiger partial charge in [0.1, 0.15) is 17.4 Å². The number of piperidine rings is 1. The summed E-state index contributed by atoms with van der Waals surface area (Å²) >= 11 is 0. The maximum absolute atomic E-state index is 14.0. The average Bonchev–Trinajstić information content (AvgIpc) is 3.52. The molecule has 0 bridgehead atoms. The molecule has 0 aliphatic carbocycles. The summed E-state index contributed by atoms with van der Waals surface area (Å²) in [6.07, 6.45) is 1.52. The minimum Gasteiger partial charge on any atom is -0.484 e. The van der Waals surface area contributed by atoms with Gasteiger partial charge in [0.25, 0.3) is 5.91 Å². The molecule has 3 aromatic carbocycles. The molecule has 6 rings (SSSR count). The lowest BCUT2D eigenvalue weighted by Crippen LogP contribution is -2.41. The quantitative estimate of drug-likeness (QED) is 0.391. The third-order valence-electron chi connectivity index (χ3n) is 6.85. The third-order valence-corrected chi connectivity index (χ3v) is 6.85. The molecule has 184 valence electrons. The molecule has 0 N–H and O–H groups in total. The molecular formula is C28H26FN3O4. The van der Waals surface area contributed by atoms with Gasteiger partial charge < -0.3 is 23.7 Å². The number of halogens is 1. The molecule has 0 atom stereocenters. The zero-order valence-electron chi connectivity index (χ0n) is 19.9. The Hall–Kier alpha value is -4.07. The van der Waals surface area contributed by atoms with Gasteiger partial charge in [0.05, 0.1) is 11.0 Å². The highest BCUT2D eigenvalue weighted by Gasteiger charge is 2.28. The maximum atomic E-state index is 14.0. The Morgan fingerprint density at radius 3 is 2.61 bits per heavy atom. The van der Waals surface area contributed by atoms with Crippen molar-refractivity contribution in [3.05, 3.63) is 72.0 Å². The van der Waals surface area contributed by atoms with E-state index in [0.29, 0.717) is 35.9 Å². The van der Waals surface area contributed by atoms with Crippen LogP contribution in [0.3, 0.4) is 0 Å². The maximum Gasteiger partial charge on any atom is 0.260 e. The van der Waals surface area contributed by atoms with E-state index in [9.17, 15) is 9.18 Å². The Labute approximate surface area is 208 Å². The van der Waals surface area contributed by atoms with Crippen LogP contribution in [0, 0.1) is 12.7 Å². The van der Waals surface area contributed by atoms with Gasteiger partial charge in [-0.25, -0.2) is 9.37 Å². The first-order valence-electron chi connectivity index (χ1n) is 12.1. The van der Waals surface area contributed by atoms with E-state index in [1.807, 2.05) is 54.3 Å². The molecule has 1 aromatic heterocycles. The van der Waals surface area contributed by atoms with Crippen LogP contribution < -0.4 is 14.2 Å². The second-order valence-corrected chi connectivity index (χ2v) is 9.22. The minimum atomic E-state index is -0.321. The van der Waals surface area contributed by atoms with E-state index >= 15 is 0 Å². The average molecular weight is 488 g/mol. The van der Waals surface area contributed by atoms with Crippen molar-refractivity contribution >= 4 is 16.9 Å². The minimum absolute atomic E-state index is 0.0173. The van der Waals surface area contributed by atoms with E-state index in [4.69, 9.17) is 19.2 Å². The summed E-state index contributed by atoms with van der Waals surface area (Å²) in [6, 6.07) is 18.2. The summed E-state index contributed by atoms with van der Waals surface area (Å²) < 4.78 is 32.9. The lowest BCUT2D eigenvalue weighted by atomic mass is 10.0. The number of hydrogen-bond acceptors (Lipinski definition) is 5. The number of ether oxygens (including phenoxy) is 3. The zero-order chi connectivity index (χ0) is 24.6. The number of benzene rings is 3. The lowest BCUT2D eigenvalue weighted by molar-refractivity contribution is -0.134. The highest BCUT2D eigenvalue weighted by molar-refractivity contribution is 5.82. The second-order valence-electron chi connectivity index (χ2n) is 9.22. The largest absolute Gasteiger partial charge is 0.484 e. The van der Waals surface area contributed by atoms with Crippen molar-refractivity contribution in [1.82, 2.24) is 14.5 Å². The molecule has 0 radical (unpaired) electrons. The Balaban J connectivity index is 1.22. The SMILES string of the molecule is Cc1ccc(OCC(=O)N2CCC(n3c(-c4ccc5c(c4)OCO5)nc4cc(F)ccc43)CC2)cc1. The number of imidazole rings is 1. The van der Waals surface area contributed by atoms with E-state index in [-0.39, 0.29) is 31.2 Å². The number of aryl methyl sites for hydroxylation is 1. The van der Waals surface area contributed by atoms with Crippen LogP contribution in [0.5, 0.6) is 17.2 Å². The first kappa shape index (κ1) is 22.4. The number of aromatic nitrogens is 2. The van der Waals surface area contributed by atoms with Gasteiger partial charge >= 0.3 is 0 Å². The van der Waals surface area contributed by atoms with Crippen LogP contribution >= 0.6 is 0 Å². The fourth-order valence-corrected chi connectivity index (χ4v) is 4.93. The molecule has 1 fully saturated rings. The Bertz CT molecular complexity index is 1430. The van der Waals surface area contributed by atoms with Crippen molar-refractivity contribution in [2.75, 3.05) is 26.5 Å². The van der Waals surface area contributed by atoms with Crippen molar-refractivity contribution < 1.29 is 23.4 Å². The predicted octanol–water partition coefficient (Wildman–Crippen LogP) is 5.12. The summed E-state index contributed by atoms with van der Waals surface area (Å²) in [6.45, 7) is 3.45. The van der Waals surface area contributed by atoms with Crippen LogP contribution in [-0.2, 0) is 4.79 Å². The van der Waals surface area contributed by atoms with Gasteiger partial charge in [0.2, 0.25) is 6.79 Å². The molecule has 0 spiro atoms. The number of amides is 1. The van der Waals surface area contributed by atoms with Crippen molar-refractivity contribution in [3.63, 3.8) is 0 Å². The van der Waals surface area contributed by atoms with Gasteiger partial charge in [-0.3, -0.25) is 4.79 Å². The molecule has 3 heterocycles. The molecule has 0 unspecified atom stereocenters. The van der Waals surface area contributed by atoms with Crippen molar-refractivity contribution in [3.8, 4) is 28.6 Å². The van der Waals surface area contributed by atoms with E-state index < -0.39 is 0 Å².